The Morgan fingerprint density at radius 1 is 1.32 bits per heavy atom. The lowest BCUT2D eigenvalue weighted by Gasteiger charge is -2.32. The lowest BCUT2D eigenvalue weighted by Crippen LogP contribution is -2.47. The van der Waals surface area contributed by atoms with Crippen LogP contribution in [-0.2, 0) is 11.3 Å². The Bertz CT molecular complexity index is 746. The molecule has 0 radical (unpaired) electrons. The highest BCUT2D eigenvalue weighted by Crippen LogP contribution is 2.31. The van der Waals surface area contributed by atoms with E-state index in [-0.39, 0.29) is 11.9 Å². The second-order valence-corrected chi connectivity index (χ2v) is 5.97. The van der Waals surface area contributed by atoms with E-state index in [1.807, 2.05) is 11.0 Å². The van der Waals surface area contributed by atoms with Gasteiger partial charge in [0, 0.05) is 5.56 Å². The van der Waals surface area contributed by atoms with Gasteiger partial charge in [-0.05, 0) is 37.6 Å². The molecule has 1 aliphatic rings. The van der Waals surface area contributed by atoms with Crippen LogP contribution in [0.25, 0.3) is 11.4 Å². The monoisotopic (exact) mass is 346 g/mol. The average molecular weight is 346 g/mol. The van der Waals surface area contributed by atoms with Crippen molar-refractivity contribution in [3.63, 3.8) is 0 Å². The van der Waals surface area contributed by atoms with E-state index >= 15 is 0 Å². The van der Waals surface area contributed by atoms with Crippen LogP contribution in [0.2, 0.25) is 0 Å². The standard InChI is InChI=1S/C17H22N4O4/c1-23-13-7-6-11(9-14(13)24-2)17-19-15(25-20-17)10-21-8-4-3-5-12(21)16(18)22/h6-7,9,12H,3-5,8,10H2,1-2H3,(H2,18,22)/t12-/m1/s1. The van der Waals surface area contributed by atoms with Gasteiger partial charge in [-0.2, -0.15) is 4.98 Å². The number of ether oxygens (including phenoxy) is 2. The fourth-order valence-corrected chi connectivity index (χ4v) is 3.09. The molecule has 1 aromatic carbocycles. The van der Waals surface area contributed by atoms with Crippen molar-refractivity contribution in [1.82, 2.24) is 15.0 Å². The number of methoxy groups -OCH3 is 2. The van der Waals surface area contributed by atoms with Crippen molar-refractivity contribution in [1.29, 1.82) is 0 Å². The van der Waals surface area contributed by atoms with E-state index in [1.165, 1.54) is 0 Å². The average Bonchev–Trinajstić information content (AvgIpc) is 3.10. The molecular weight excluding hydrogens is 324 g/mol. The van der Waals surface area contributed by atoms with Gasteiger partial charge in [0.25, 0.3) is 0 Å². The summed E-state index contributed by atoms with van der Waals surface area (Å²) in [5, 5.41) is 4.03. The Morgan fingerprint density at radius 3 is 2.84 bits per heavy atom. The first kappa shape index (κ1) is 17.2. The van der Waals surface area contributed by atoms with E-state index in [1.54, 1.807) is 26.4 Å². The number of hydrogen-bond acceptors (Lipinski definition) is 7. The molecule has 0 spiro atoms. The maximum atomic E-state index is 11.6. The van der Waals surface area contributed by atoms with Crippen molar-refractivity contribution in [2.45, 2.75) is 31.8 Å². The first-order valence-electron chi connectivity index (χ1n) is 8.20. The summed E-state index contributed by atoms with van der Waals surface area (Å²) < 4.78 is 15.9. The molecule has 1 amide bonds. The van der Waals surface area contributed by atoms with Gasteiger partial charge in [-0.25, -0.2) is 0 Å². The van der Waals surface area contributed by atoms with Crippen LogP contribution in [0.4, 0.5) is 0 Å². The number of hydrogen-bond donors (Lipinski definition) is 1. The highest BCUT2D eigenvalue weighted by molar-refractivity contribution is 5.79. The van der Waals surface area contributed by atoms with Crippen molar-refractivity contribution in [2.75, 3.05) is 20.8 Å². The first-order chi connectivity index (χ1) is 12.1. The topological polar surface area (TPSA) is 104 Å². The number of carbonyl (C=O) groups excluding carboxylic acids is 1. The molecule has 8 heteroatoms. The molecule has 25 heavy (non-hydrogen) atoms. The van der Waals surface area contributed by atoms with Gasteiger partial charge >= 0.3 is 0 Å². The van der Waals surface area contributed by atoms with E-state index in [2.05, 4.69) is 10.1 Å². The van der Waals surface area contributed by atoms with Gasteiger partial charge in [0.2, 0.25) is 17.6 Å². The van der Waals surface area contributed by atoms with E-state index in [4.69, 9.17) is 19.7 Å². The molecule has 1 aliphatic heterocycles. The quantitative estimate of drug-likeness (QED) is 0.847. The van der Waals surface area contributed by atoms with Crippen LogP contribution in [-0.4, -0.2) is 47.8 Å². The fourth-order valence-electron chi connectivity index (χ4n) is 3.09. The molecule has 0 unspecified atom stereocenters. The number of rotatable bonds is 6. The molecular formula is C17H22N4O4. The SMILES string of the molecule is COc1ccc(-c2noc(CN3CCCC[C@@H]3C(N)=O)n2)cc1OC. The molecule has 3 rings (SSSR count). The van der Waals surface area contributed by atoms with Crippen LogP contribution in [0.15, 0.2) is 22.7 Å². The lowest BCUT2D eigenvalue weighted by atomic mass is 10.0. The van der Waals surface area contributed by atoms with Crippen molar-refractivity contribution < 1.29 is 18.8 Å². The summed E-state index contributed by atoms with van der Waals surface area (Å²) in [5.41, 5.74) is 6.26. The van der Waals surface area contributed by atoms with Gasteiger partial charge in [0.15, 0.2) is 11.5 Å². The minimum atomic E-state index is -0.306. The van der Waals surface area contributed by atoms with Crippen LogP contribution in [0.1, 0.15) is 25.2 Å². The van der Waals surface area contributed by atoms with E-state index < -0.39 is 0 Å². The predicted octanol–water partition coefficient (Wildman–Crippen LogP) is 1.59. The van der Waals surface area contributed by atoms with Crippen LogP contribution in [0, 0.1) is 0 Å². The largest absolute Gasteiger partial charge is 0.493 e. The summed E-state index contributed by atoms with van der Waals surface area (Å²) in [6.45, 7) is 1.20. The van der Waals surface area contributed by atoms with Crippen LogP contribution in [0.5, 0.6) is 11.5 Å². The maximum Gasteiger partial charge on any atom is 0.241 e. The van der Waals surface area contributed by atoms with Crippen molar-refractivity contribution >= 4 is 5.91 Å². The summed E-state index contributed by atoms with van der Waals surface area (Å²) in [6.07, 6.45) is 2.80. The zero-order valence-corrected chi connectivity index (χ0v) is 14.4. The van der Waals surface area contributed by atoms with Crippen molar-refractivity contribution in [3.05, 3.63) is 24.1 Å². The number of primary amides is 1. The zero-order valence-electron chi connectivity index (χ0n) is 14.4. The molecule has 1 fully saturated rings. The molecule has 0 aliphatic carbocycles. The molecule has 1 saturated heterocycles. The second-order valence-electron chi connectivity index (χ2n) is 5.97. The molecule has 8 nitrogen and oxygen atoms in total. The Labute approximate surface area is 145 Å². The number of benzene rings is 1. The summed E-state index contributed by atoms with van der Waals surface area (Å²) >= 11 is 0. The van der Waals surface area contributed by atoms with Gasteiger partial charge in [0.05, 0.1) is 26.8 Å². The van der Waals surface area contributed by atoms with Crippen LogP contribution in [0.3, 0.4) is 0 Å². The number of aromatic nitrogens is 2. The van der Waals surface area contributed by atoms with Gasteiger partial charge in [-0.1, -0.05) is 11.6 Å². The third-order valence-electron chi connectivity index (χ3n) is 4.39. The van der Waals surface area contributed by atoms with Gasteiger partial charge in [0.1, 0.15) is 0 Å². The summed E-state index contributed by atoms with van der Waals surface area (Å²) in [7, 11) is 3.15. The number of likely N-dealkylation sites (tertiary alicyclic amines) is 1. The van der Waals surface area contributed by atoms with E-state index in [0.29, 0.717) is 29.8 Å². The van der Waals surface area contributed by atoms with Gasteiger partial charge in [-0.15, -0.1) is 0 Å². The molecule has 1 atom stereocenters. The summed E-state index contributed by atoms with van der Waals surface area (Å²) in [6, 6.07) is 5.15. The third kappa shape index (κ3) is 3.74. The normalized spacial score (nSPS) is 18.1. The van der Waals surface area contributed by atoms with Gasteiger partial charge in [-0.3, -0.25) is 9.69 Å². The summed E-state index contributed by atoms with van der Waals surface area (Å²) in [5.74, 6) is 1.84. The maximum absolute atomic E-state index is 11.6. The number of amides is 1. The Morgan fingerprint density at radius 2 is 2.12 bits per heavy atom. The number of piperidine rings is 1. The summed E-state index contributed by atoms with van der Waals surface area (Å²) in [4.78, 5) is 18.0. The minimum absolute atomic E-state index is 0.273. The molecule has 134 valence electrons. The molecule has 2 N–H and O–H groups in total. The Hall–Kier alpha value is -2.61. The van der Waals surface area contributed by atoms with Crippen LogP contribution < -0.4 is 15.2 Å². The van der Waals surface area contributed by atoms with E-state index in [0.717, 1.165) is 31.4 Å². The smallest absolute Gasteiger partial charge is 0.241 e. The molecule has 2 aromatic rings. The minimum Gasteiger partial charge on any atom is -0.493 e. The van der Waals surface area contributed by atoms with E-state index in [9.17, 15) is 4.79 Å². The highest BCUT2D eigenvalue weighted by atomic mass is 16.5. The molecule has 1 aromatic heterocycles. The molecule has 0 saturated carbocycles. The Kier molecular flexibility index (Phi) is 5.18. The lowest BCUT2D eigenvalue weighted by molar-refractivity contribution is -0.124. The number of nitrogens with zero attached hydrogens (tertiary/aromatic N) is 3. The first-order valence-corrected chi connectivity index (χ1v) is 8.20. The van der Waals surface area contributed by atoms with Gasteiger partial charge < -0.3 is 19.7 Å². The third-order valence-corrected chi connectivity index (χ3v) is 4.39. The second kappa shape index (κ2) is 7.52. The molecule has 0 bridgehead atoms. The van der Waals surface area contributed by atoms with Crippen molar-refractivity contribution in [3.8, 4) is 22.9 Å². The number of carbonyl (C=O) groups is 1. The molecule has 2 heterocycles. The highest BCUT2D eigenvalue weighted by Gasteiger charge is 2.28. The number of nitrogens with two attached hydrogens (primary N) is 1. The fraction of sp³-hybridized carbons (Fsp3) is 0.471. The Balaban J connectivity index is 1.77. The predicted molar refractivity (Wildman–Crippen MR) is 90.1 cm³/mol. The zero-order chi connectivity index (χ0) is 17.8. The van der Waals surface area contributed by atoms with Crippen molar-refractivity contribution in [2.24, 2.45) is 5.73 Å². The van der Waals surface area contributed by atoms with Crippen LogP contribution >= 0.6 is 0 Å².